The minimum Gasteiger partial charge on any atom is -0.354 e. The van der Waals surface area contributed by atoms with E-state index in [2.05, 4.69) is 49.1 Å². The van der Waals surface area contributed by atoms with Gasteiger partial charge in [0.15, 0.2) is 0 Å². The lowest BCUT2D eigenvalue weighted by Gasteiger charge is -2.34. The van der Waals surface area contributed by atoms with Crippen molar-refractivity contribution in [3.63, 3.8) is 0 Å². The van der Waals surface area contributed by atoms with Gasteiger partial charge in [0.05, 0.1) is 5.69 Å². The zero-order chi connectivity index (χ0) is 20.9. The van der Waals surface area contributed by atoms with Crippen molar-refractivity contribution < 1.29 is 0 Å². The van der Waals surface area contributed by atoms with Crippen molar-refractivity contribution >= 4 is 5.82 Å². The second-order valence-corrected chi connectivity index (χ2v) is 7.14. The van der Waals surface area contributed by atoms with Crippen molar-refractivity contribution in [2.45, 2.75) is 53.0 Å². The number of nitrogens with one attached hydrogen (secondary N) is 1. The molecule has 0 spiro atoms. The van der Waals surface area contributed by atoms with Crippen molar-refractivity contribution in [1.82, 2.24) is 25.2 Å². The van der Waals surface area contributed by atoms with Gasteiger partial charge in [0.1, 0.15) is 12.1 Å². The molecule has 0 amide bonds. The number of hydrogen-bond acceptors (Lipinski definition) is 6. The molecule has 2 aliphatic rings. The molecule has 1 N–H and O–H groups in total. The van der Waals surface area contributed by atoms with Gasteiger partial charge in [0.25, 0.3) is 0 Å². The van der Waals surface area contributed by atoms with Crippen molar-refractivity contribution in [2.24, 2.45) is 0 Å². The van der Waals surface area contributed by atoms with E-state index in [0.29, 0.717) is 0 Å². The van der Waals surface area contributed by atoms with Crippen LogP contribution in [0.3, 0.4) is 0 Å². The van der Waals surface area contributed by atoms with E-state index in [1.807, 2.05) is 33.2 Å². The van der Waals surface area contributed by atoms with Gasteiger partial charge in [-0.15, -0.1) is 0 Å². The van der Waals surface area contributed by atoms with Gasteiger partial charge in [-0.25, -0.2) is 9.97 Å². The molecule has 29 heavy (non-hydrogen) atoms. The lowest BCUT2D eigenvalue weighted by atomic mass is 9.96. The first-order valence-electron chi connectivity index (χ1n) is 11.2. The number of nitrogens with zero attached hydrogens (tertiary/aromatic N) is 5. The maximum atomic E-state index is 4.36. The smallest absolute Gasteiger partial charge is 0.132 e. The molecule has 0 aromatic carbocycles. The molecule has 2 aromatic rings. The molecule has 4 rings (SSSR count). The molecule has 1 fully saturated rings. The molecule has 6 nitrogen and oxygen atoms in total. The molecular formula is C23H38N6. The SMILES string of the molecule is CC.CCN1CCN(c2cc(CNC)ncn2)CC1.c1cnc2c(c1)CCCC2. The zero-order valence-electron chi connectivity index (χ0n) is 18.7. The maximum Gasteiger partial charge on any atom is 0.132 e. The summed E-state index contributed by atoms with van der Waals surface area (Å²) in [5, 5.41) is 3.11. The average Bonchev–Trinajstić information content (AvgIpc) is 2.81. The second kappa shape index (κ2) is 13.2. The number of hydrogen-bond donors (Lipinski definition) is 1. The highest BCUT2D eigenvalue weighted by Gasteiger charge is 2.16. The van der Waals surface area contributed by atoms with Crippen molar-refractivity contribution in [1.29, 1.82) is 0 Å². The lowest BCUT2D eigenvalue weighted by molar-refractivity contribution is 0.270. The molecule has 1 saturated heterocycles. The van der Waals surface area contributed by atoms with Crippen LogP contribution >= 0.6 is 0 Å². The summed E-state index contributed by atoms with van der Waals surface area (Å²) in [5.41, 5.74) is 3.85. The Kier molecular flexibility index (Phi) is 10.6. The number of aromatic nitrogens is 3. The van der Waals surface area contributed by atoms with Crippen LogP contribution in [0, 0.1) is 0 Å². The van der Waals surface area contributed by atoms with Gasteiger partial charge in [-0.3, -0.25) is 4.98 Å². The van der Waals surface area contributed by atoms with Crippen molar-refractivity contribution in [3.8, 4) is 0 Å². The lowest BCUT2D eigenvalue weighted by Crippen LogP contribution is -2.46. The van der Waals surface area contributed by atoms with E-state index < -0.39 is 0 Å². The third-order valence-electron chi connectivity index (χ3n) is 5.30. The van der Waals surface area contributed by atoms with Gasteiger partial charge in [-0.05, 0) is 50.9 Å². The highest BCUT2D eigenvalue weighted by molar-refractivity contribution is 5.39. The van der Waals surface area contributed by atoms with Gasteiger partial charge in [0.2, 0.25) is 0 Å². The van der Waals surface area contributed by atoms with Crippen molar-refractivity contribution in [2.75, 3.05) is 44.7 Å². The number of aryl methyl sites for hydroxylation is 2. The van der Waals surface area contributed by atoms with E-state index in [4.69, 9.17) is 0 Å². The number of pyridine rings is 1. The summed E-state index contributed by atoms with van der Waals surface area (Å²) in [6.45, 7) is 12.5. The third kappa shape index (κ3) is 7.37. The minimum atomic E-state index is 0.796. The summed E-state index contributed by atoms with van der Waals surface area (Å²) in [6.07, 6.45) is 8.65. The zero-order valence-corrected chi connectivity index (χ0v) is 18.7. The Morgan fingerprint density at radius 3 is 2.45 bits per heavy atom. The number of rotatable bonds is 4. The molecule has 0 saturated carbocycles. The topological polar surface area (TPSA) is 57.2 Å². The Balaban J connectivity index is 0.000000212. The van der Waals surface area contributed by atoms with Crippen LogP contribution in [0.5, 0.6) is 0 Å². The Hall–Kier alpha value is -2.05. The first kappa shape index (κ1) is 23.2. The highest BCUT2D eigenvalue weighted by Crippen LogP contribution is 2.17. The molecule has 0 unspecified atom stereocenters. The van der Waals surface area contributed by atoms with Crippen LogP contribution in [0.25, 0.3) is 0 Å². The van der Waals surface area contributed by atoms with Crippen LogP contribution in [-0.4, -0.2) is 59.6 Å². The Labute approximate surface area is 176 Å². The molecule has 1 aliphatic carbocycles. The van der Waals surface area contributed by atoms with Gasteiger partial charge in [-0.2, -0.15) is 0 Å². The average molecular weight is 399 g/mol. The van der Waals surface area contributed by atoms with Gasteiger partial charge < -0.3 is 15.1 Å². The fourth-order valence-electron chi connectivity index (χ4n) is 3.66. The normalized spacial score (nSPS) is 16.1. The first-order valence-corrected chi connectivity index (χ1v) is 11.2. The molecule has 2 aromatic heterocycles. The summed E-state index contributed by atoms with van der Waals surface area (Å²) >= 11 is 0. The summed E-state index contributed by atoms with van der Waals surface area (Å²) in [4.78, 5) is 17.7. The van der Waals surface area contributed by atoms with E-state index in [1.165, 1.54) is 36.9 Å². The quantitative estimate of drug-likeness (QED) is 0.853. The Bertz CT molecular complexity index is 672. The standard InChI is InChI=1S/C12H21N5.C9H11N.C2H6/c1-3-16-4-6-17(7-5-16)12-8-11(9-13-2)14-10-15-12;1-2-6-9-8(4-1)5-3-7-10-9;1-2/h8,10,13H,3-7,9H2,1-2H3;3,5,7H,1-2,4,6H2;1-2H3. The van der Waals surface area contributed by atoms with Crippen LogP contribution < -0.4 is 10.2 Å². The predicted octanol–water partition coefficient (Wildman–Crippen LogP) is 3.32. The number of likely N-dealkylation sites (N-methyl/N-ethyl adjacent to an activating group) is 1. The summed E-state index contributed by atoms with van der Waals surface area (Å²) in [7, 11) is 1.93. The van der Waals surface area contributed by atoms with Crippen LogP contribution in [0.2, 0.25) is 0 Å². The summed E-state index contributed by atoms with van der Waals surface area (Å²) in [6, 6.07) is 6.31. The minimum absolute atomic E-state index is 0.796. The van der Waals surface area contributed by atoms with E-state index in [9.17, 15) is 0 Å². The van der Waals surface area contributed by atoms with Gasteiger partial charge in [-0.1, -0.05) is 26.8 Å². The molecule has 0 bridgehead atoms. The number of anilines is 1. The molecule has 1 aliphatic heterocycles. The Morgan fingerprint density at radius 1 is 1.00 bits per heavy atom. The fraction of sp³-hybridized carbons (Fsp3) is 0.609. The van der Waals surface area contributed by atoms with Gasteiger partial charge >= 0.3 is 0 Å². The first-order chi connectivity index (χ1) is 14.3. The highest BCUT2D eigenvalue weighted by atomic mass is 15.3. The summed E-state index contributed by atoms with van der Waals surface area (Å²) in [5.74, 6) is 1.06. The van der Waals surface area contributed by atoms with Crippen molar-refractivity contribution in [3.05, 3.63) is 47.7 Å². The van der Waals surface area contributed by atoms with Crippen LogP contribution in [0.1, 0.15) is 50.6 Å². The van der Waals surface area contributed by atoms with E-state index in [-0.39, 0.29) is 0 Å². The van der Waals surface area contributed by atoms with E-state index in [0.717, 1.165) is 50.8 Å². The maximum absolute atomic E-state index is 4.36. The molecule has 3 heterocycles. The fourth-order valence-corrected chi connectivity index (χ4v) is 3.66. The molecular weight excluding hydrogens is 360 g/mol. The second-order valence-electron chi connectivity index (χ2n) is 7.14. The van der Waals surface area contributed by atoms with E-state index >= 15 is 0 Å². The Morgan fingerprint density at radius 2 is 1.76 bits per heavy atom. The third-order valence-corrected chi connectivity index (χ3v) is 5.30. The van der Waals surface area contributed by atoms with Gasteiger partial charge in [0, 0.05) is 50.7 Å². The monoisotopic (exact) mass is 398 g/mol. The number of piperazine rings is 1. The van der Waals surface area contributed by atoms with Crippen LogP contribution in [0.4, 0.5) is 5.82 Å². The van der Waals surface area contributed by atoms with Crippen LogP contribution in [0.15, 0.2) is 30.7 Å². The molecule has 0 radical (unpaired) electrons. The van der Waals surface area contributed by atoms with E-state index in [1.54, 1.807) is 6.33 Å². The largest absolute Gasteiger partial charge is 0.354 e. The molecule has 0 atom stereocenters. The van der Waals surface area contributed by atoms with Crippen LogP contribution in [-0.2, 0) is 19.4 Å². The molecule has 160 valence electrons. The summed E-state index contributed by atoms with van der Waals surface area (Å²) < 4.78 is 0. The number of fused-ring (bicyclic) bond motifs is 1. The molecule has 6 heteroatoms. The predicted molar refractivity (Wildman–Crippen MR) is 121 cm³/mol.